The van der Waals surface area contributed by atoms with Gasteiger partial charge in [-0.1, -0.05) is 83.6 Å². The molecule has 7 N–H and O–H groups in total. The number of hydrogen-bond acceptors (Lipinski definition) is 6. The summed E-state index contributed by atoms with van der Waals surface area (Å²) in [6.07, 6.45) is 13.1. The van der Waals surface area contributed by atoms with Crippen molar-refractivity contribution in [3.05, 3.63) is 77.1 Å². The highest BCUT2D eigenvalue weighted by Gasteiger charge is 2.54. The molecule has 0 bridgehead atoms. The van der Waals surface area contributed by atoms with Crippen molar-refractivity contribution < 1.29 is 24.4 Å². The standard InChI is InChI=1S/C26H41N5O3.C12H19NO.C2H6/c1-7-13-28-15-20(30-21(27)8-2)26(5)23(32)19(16-31(26)6)29-24(33)17-10-9-11-18-22(17)34-14-12-25(18,3)4;1-5-7-11(12(14)13-4)9-8-10(3)6-2;1-2/h7,9-11,13,19-20,23,28,32H,8,12,14-16H2,1-6H3,(H2,27,30)(H,29,33);6-9H,5H2,1-4H3,(H,13,14);1-2H3/p+1/b13-7-;9-8-,10-6-,11-7-;/t19-,20?,23-,26+;;/m1../s1. The van der Waals surface area contributed by atoms with Crippen LogP contribution in [0.2, 0.25) is 0 Å². The molecule has 4 atom stereocenters. The molecule has 1 aromatic rings. The van der Waals surface area contributed by atoms with E-state index < -0.39 is 17.7 Å². The molecule has 1 saturated heterocycles. The molecule has 280 valence electrons. The zero-order valence-corrected chi connectivity index (χ0v) is 32.9. The lowest BCUT2D eigenvalue weighted by Gasteiger charge is -2.39. The maximum absolute atomic E-state index is 13.4. The number of nitrogens with two attached hydrogens (primary N) is 1. The normalized spacial score (nSPS) is 22.8. The van der Waals surface area contributed by atoms with E-state index >= 15 is 0 Å². The molecule has 2 amide bonds. The average Bonchev–Trinajstić information content (AvgIpc) is 3.33. The van der Waals surface area contributed by atoms with Gasteiger partial charge in [0, 0.05) is 31.1 Å². The zero-order valence-electron chi connectivity index (χ0n) is 32.9. The number of carbonyl (C=O) groups excluding carboxylic acids is 2. The molecule has 0 radical (unpaired) electrons. The molecule has 2 aliphatic heterocycles. The van der Waals surface area contributed by atoms with Crippen molar-refractivity contribution in [1.82, 2.24) is 20.9 Å². The number of aliphatic hydroxyl groups excluding tert-OH is 1. The number of amidine groups is 1. The summed E-state index contributed by atoms with van der Waals surface area (Å²) in [5.41, 5.74) is 8.86. The van der Waals surface area contributed by atoms with Crippen molar-refractivity contribution in [2.75, 3.05) is 33.8 Å². The molecule has 0 aromatic heterocycles. The predicted octanol–water partition coefficient (Wildman–Crippen LogP) is 3.87. The molecule has 2 heterocycles. The second kappa shape index (κ2) is 21.4. The monoisotopic (exact) mass is 696 g/mol. The molecule has 1 unspecified atom stereocenters. The van der Waals surface area contributed by atoms with Gasteiger partial charge in [0.25, 0.3) is 11.8 Å². The third kappa shape index (κ3) is 11.6. The summed E-state index contributed by atoms with van der Waals surface area (Å²) in [6, 6.07) is 5.11. The summed E-state index contributed by atoms with van der Waals surface area (Å²) in [5, 5.41) is 20.5. The minimum atomic E-state index is -0.812. The summed E-state index contributed by atoms with van der Waals surface area (Å²) in [6.45, 7) is 21.9. The minimum Gasteiger partial charge on any atom is -0.492 e. The van der Waals surface area contributed by atoms with Gasteiger partial charge in [-0.05, 0) is 71.3 Å². The number of likely N-dealkylation sites (N-methyl/N-ethyl adjacent to an activating group) is 2. The molecule has 0 saturated carbocycles. The first-order chi connectivity index (χ1) is 23.7. The maximum Gasteiger partial charge on any atom is 0.255 e. The summed E-state index contributed by atoms with van der Waals surface area (Å²) < 4.78 is 5.94. The molecular weight excluding hydrogens is 628 g/mol. The fourth-order valence-electron chi connectivity index (χ4n) is 5.97. The fraction of sp³-hybridized carbons (Fsp3) is 0.575. The molecule has 0 aliphatic carbocycles. The number of allylic oxidation sites excluding steroid dienone is 5. The maximum atomic E-state index is 13.4. The van der Waals surface area contributed by atoms with Crippen LogP contribution in [0.15, 0.2) is 65.9 Å². The van der Waals surface area contributed by atoms with E-state index in [0.29, 0.717) is 43.3 Å². The minimum absolute atomic E-state index is 0.0352. The van der Waals surface area contributed by atoms with Gasteiger partial charge in [-0.3, -0.25) is 25.2 Å². The van der Waals surface area contributed by atoms with Crippen LogP contribution >= 0.6 is 0 Å². The van der Waals surface area contributed by atoms with Crippen LogP contribution < -0.4 is 31.4 Å². The van der Waals surface area contributed by atoms with Crippen molar-refractivity contribution in [2.24, 2.45) is 5.73 Å². The Kier molecular flexibility index (Phi) is 18.8. The fourth-order valence-corrected chi connectivity index (χ4v) is 5.97. The van der Waals surface area contributed by atoms with Crippen LogP contribution in [0.1, 0.15) is 104 Å². The first-order valence-electron chi connectivity index (χ1n) is 18.1. The van der Waals surface area contributed by atoms with Crippen LogP contribution in [0.4, 0.5) is 0 Å². The number of rotatable bonds is 12. The Labute approximate surface area is 302 Å². The van der Waals surface area contributed by atoms with Crippen molar-refractivity contribution in [3.63, 3.8) is 0 Å². The average molecular weight is 696 g/mol. The van der Waals surface area contributed by atoms with Gasteiger partial charge in [0.15, 0.2) is 0 Å². The van der Waals surface area contributed by atoms with E-state index in [0.717, 1.165) is 29.6 Å². The molecule has 0 spiro atoms. The van der Waals surface area contributed by atoms with Gasteiger partial charge >= 0.3 is 0 Å². The molecule has 3 rings (SSSR count). The van der Waals surface area contributed by atoms with E-state index in [4.69, 9.17) is 10.5 Å². The lowest BCUT2D eigenvalue weighted by atomic mass is 9.79. The van der Waals surface area contributed by atoms with Crippen LogP contribution in [0.5, 0.6) is 5.75 Å². The first kappa shape index (κ1) is 44.1. The Bertz CT molecular complexity index is 1400. The van der Waals surface area contributed by atoms with Gasteiger partial charge in [-0.15, -0.1) is 0 Å². The van der Waals surface area contributed by atoms with E-state index in [-0.39, 0.29) is 23.3 Å². The van der Waals surface area contributed by atoms with Gasteiger partial charge in [-0.2, -0.15) is 0 Å². The number of para-hydroxylation sites is 1. The molecule has 2 aliphatic rings. The topological polar surface area (TPSA) is 143 Å². The second-order valence-corrected chi connectivity index (χ2v) is 13.3. The number of hydrogen-bond donors (Lipinski definition) is 6. The highest BCUT2D eigenvalue weighted by Crippen LogP contribution is 2.40. The summed E-state index contributed by atoms with van der Waals surface area (Å²) >= 11 is 0. The van der Waals surface area contributed by atoms with Gasteiger partial charge in [-0.25, -0.2) is 0 Å². The molecule has 10 nitrogen and oxygen atoms in total. The Morgan fingerprint density at radius 2 is 1.86 bits per heavy atom. The summed E-state index contributed by atoms with van der Waals surface area (Å²) in [4.78, 5) is 30.2. The number of fused-ring (bicyclic) bond motifs is 1. The van der Waals surface area contributed by atoms with Gasteiger partial charge < -0.3 is 25.8 Å². The van der Waals surface area contributed by atoms with Crippen LogP contribution in [-0.4, -0.2) is 85.2 Å². The van der Waals surface area contributed by atoms with Crippen LogP contribution in [-0.2, 0) is 10.2 Å². The van der Waals surface area contributed by atoms with Crippen LogP contribution in [0.3, 0.4) is 0 Å². The number of carbonyl (C=O) groups is 2. The molecule has 10 heteroatoms. The van der Waals surface area contributed by atoms with E-state index in [1.54, 1.807) is 13.1 Å². The zero-order chi connectivity index (χ0) is 38.1. The molecule has 1 aromatic carbocycles. The Morgan fingerprint density at radius 3 is 2.44 bits per heavy atom. The van der Waals surface area contributed by atoms with Crippen LogP contribution in [0, 0.1) is 0 Å². The van der Waals surface area contributed by atoms with Crippen molar-refractivity contribution >= 4 is 17.6 Å². The van der Waals surface area contributed by atoms with Gasteiger partial charge in [0.2, 0.25) is 5.84 Å². The van der Waals surface area contributed by atoms with Crippen molar-refractivity contribution in [2.45, 2.75) is 118 Å². The quantitative estimate of drug-likeness (QED) is 0.0844. The van der Waals surface area contributed by atoms with Gasteiger partial charge in [0.05, 0.1) is 36.4 Å². The summed E-state index contributed by atoms with van der Waals surface area (Å²) in [7, 11) is 3.61. The second-order valence-electron chi connectivity index (χ2n) is 13.3. The van der Waals surface area contributed by atoms with Crippen LogP contribution in [0.25, 0.3) is 0 Å². The van der Waals surface area contributed by atoms with E-state index in [1.165, 1.54) is 0 Å². The number of benzene rings is 1. The number of aliphatic hydroxyl groups is 1. The van der Waals surface area contributed by atoms with E-state index in [9.17, 15) is 14.7 Å². The SMILES string of the molecule is C/C=C\NCC([NH+]=C(N)CC)[C@@]1(C)[C@H](O)[C@H](NC(=O)c2cccc3c2OCCC3(C)C)CN1C.CC.C\C=C(C)/C=C\C(=C\CC)C(=O)NC. The number of nitrogens with one attached hydrogen (secondary N) is 4. The first-order valence-corrected chi connectivity index (χ1v) is 18.1. The lowest BCUT2D eigenvalue weighted by molar-refractivity contribution is -0.522. The third-order valence-corrected chi connectivity index (χ3v) is 9.50. The number of likely N-dealkylation sites (tertiary alicyclic amines) is 1. The molecular formula is C40H67N6O4+. The highest BCUT2D eigenvalue weighted by atomic mass is 16.5. The molecule has 1 fully saturated rings. The number of nitrogens with zero attached hydrogens (tertiary/aromatic N) is 1. The number of amides is 2. The smallest absolute Gasteiger partial charge is 0.255 e. The summed E-state index contributed by atoms with van der Waals surface area (Å²) in [5.74, 6) is 1.05. The molecule has 50 heavy (non-hydrogen) atoms. The lowest BCUT2D eigenvalue weighted by Crippen LogP contribution is -2.90. The van der Waals surface area contributed by atoms with Crippen molar-refractivity contribution in [3.8, 4) is 5.75 Å². The largest absolute Gasteiger partial charge is 0.492 e. The van der Waals surface area contributed by atoms with E-state index in [1.807, 2.05) is 111 Å². The highest BCUT2D eigenvalue weighted by molar-refractivity contribution is 5.98. The number of ether oxygens (including phenoxy) is 1. The Morgan fingerprint density at radius 1 is 1.18 bits per heavy atom. The van der Waals surface area contributed by atoms with Crippen molar-refractivity contribution in [1.29, 1.82) is 0 Å². The van der Waals surface area contributed by atoms with E-state index in [2.05, 4.69) is 39.7 Å². The predicted molar refractivity (Wildman–Crippen MR) is 207 cm³/mol. The van der Waals surface area contributed by atoms with Gasteiger partial charge in [0.1, 0.15) is 11.8 Å². The Hall–Kier alpha value is -3.89. The Balaban J connectivity index is 0.000000658. The third-order valence-electron chi connectivity index (χ3n) is 9.50.